The van der Waals surface area contributed by atoms with Crippen LogP contribution in [0.4, 0.5) is 0 Å². The fourth-order valence-corrected chi connectivity index (χ4v) is 3.95. The van der Waals surface area contributed by atoms with E-state index in [-0.39, 0.29) is 36.2 Å². The van der Waals surface area contributed by atoms with Crippen LogP contribution in [0.5, 0.6) is 0 Å². The fraction of sp³-hybridized carbons (Fsp3) is 0.588. The second-order valence-electron chi connectivity index (χ2n) is 6.61. The Kier molecular flexibility index (Phi) is 6.23. The van der Waals surface area contributed by atoms with Crippen molar-refractivity contribution in [1.29, 1.82) is 0 Å². The maximum Gasteiger partial charge on any atom is 0.226 e. The van der Waals surface area contributed by atoms with Crippen LogP contribution >= 0.6 is 35.6 Å². The molecule has 1 saturated heterocycles. The molecule has 0 aromatic heterocycles. The van der Waals surface area contributed by atoms with E-state index in [1.54, 1.807) is 6.07 Å². The number of hydrogen-bond donors (Lipinski definition) is 1. The van der Waals surface area contributed by atoms with E-state index in [1.165, 1.54) is 0 Å². The highest BCUT2D eigenvalue weighted by atomic mass is 35.5. The summed E-state index contributed by atoms with van der Waals surface area (Å²) < 4.78 is 0. The van der Waals surface area contributed by atoms with Gasteiger partial charge in [0.25, 0.3) is 0 Å². The number of carbonyl (C=O) groups is 1. The lowest BCUT2D eigenvalue weighted by Gasteiger charge is -2.34. The quantitative estimate of drug-likeness (QED) is 0.862. The SMILES string of the molecule is CC(N)C1CCN(C(=O)C2CC2c2cccc(Cl)c2Cl)CC1.Cl. The summed E-state index contributed by atoms with van der Waals surface area (Å²) in [5.74, 6) is 1.11. The van der Waals surface area contributed by atoms with Gasteiger partial charge in [0.05, 0.1) is 10.0 Å². The number of benzene rings is 1. The Morgan fingerprint density at radius 1 is 1.30 bits per heavy atom. The number of carbonyl (C=O) groups excluding carboxylic acids is 1. The normalized spacial score (nSPS) is 25.7. The first-order chi connectivity index (χ1) is 10.5. The van der Waals surface area contributed by atoms with Crippen molar-refractivity contribution in [1.82, 2.24) is 4.90 Å². The van der Waals surface area contributed by atoms with Crippen LogP contribution in [0.1, 0.15) is 37.7 Å². The Bertz CT molecular complexity index is 571. The van der Waals surface area contributed by atoms with E-state index < -0.39 is 0 Å². The smallest absolute Gasteiger partial charge is 0.226 e. The standard InChI is InChI=1S/C17H22Cl2N2O.ClH/c1-10(20)11-5-7-21(8-6-11)17(22)14-9-13(14)12-3-2-4-15(18)16(12)19;/h2-4,10-11,13-14H,5-9,20H2,1H3;1H. The molecule has 128 valence electrons. The fourth-order valence-electron chi connectivity index (χ4n) is 3.50. The van der Waals surface area contributed by atoms with Crippen LogP contribution in [0.15, 0.2) is 18.2 Å². The Hall–Kier alpha value is -0.480. The van der Waals surface area contributed by atoms with E-state index >= 15 is 0 Å². The summed E-state index contributed by atoms with van der Waals surface area (Å²) in [4.78, 5) is 14.6. The van der Waals surface area contributed by atoms with Crippen LogP contribution in [0.3, 0.4) is 0 Å². The summed E-state index contributed by atoms with van der Waals surface area (Å²) in [5.41, 5.74) is 6.97. The maximum atomic E-state index is 12.6. The largest absolute Gasteiger partial charge is 0.342 e. The van der Waals surface area contributed by atoms with Crippen molar-refractivity contribution >= 4 is 41.5 Å². The third-order valence-electron chi connectivity index (χ3n) is 5.08. The van der Waals surface area contributed by atoms with Gasteiger partial charge in [0.15, 0.2) is 0 Å². The zero-order valence-electron chi connectivity index (χ0n) is 13.2. The van der Waals surface area contributed by atoms with Crippen molar-refractivity contribution in [3.63, 3.8) is 0 Å². The number of piperidine rings is 1. The minimum atomic E-state index is 0. The molecule has 3 unspecified atom stereocenters. The van der Waals surface area contributed by atoms with Gasteiger partial charge in [-0.2, -0.15) is 0 Å². The van der Waals surface area contributed by atoms with Crippen LogP contribution in [0.25, 0.3) is 0 Å². The molecule has 2 fully saturated rings. The summed E-state index contributed by atoms with van der Waals surface area (Å²) in [6, 6.07) is 5.88. The maximum absolute atomic E-state index is 12.6. The van der Waals surface area contributed by atoms with E-state index in [9.17, 15) is 4.79 Å². The Labute approximate surface area is 153 Å². The minimum Gasteiger partial charge on any atom is -0.342 e. The molecule has 2 aliphatic rings. The Morgan fingerprint density at radius 2 is 1.96 bits per heavy atom. The Morgan fingerprint density at radius 3 is 2.57 bits per heavy atom. The van der Waals surface area contributed by atoms with Crippen molar-refractivity contribution in [3.8, 4) is 0 Å². The van der Waals surface area contributed by atoms with Gasteiger partial charge in [-0.1, -0.05) is 35.3 Å². The molecule has 3 atom stereocenters. The van der Waals surface area contributed by atoms with Gasteiger partial charge in [-0.15, -0.1) is 12.4 Å². The molecule has 1 aromatic rings. The molecule has 3 rings (SSSR count). The van der Waals surface area contributed by atoms with E-state index in [2.05, 4.69) is 6.92 Å². The van der Waals surface area contributed by atoms with Gasteiger partial charge in [0.2, 0.25) is 5.91 Å². The van der Waals surface area contributed by atoms with Gasteiger partial charge >= 0.3 is 0 Å². The van der Waals surface area contributed by atoms with Crippen LogP contribution in [-0.2, 0) is 4.79 Å². The van der Waals surface area contributed by atoms with Crippen molar-refractivity contribution < 1.29 is 4.79 Å². The van der Waals surface area contributed by atoms with Gasteiger partial charge in [-0.3, -0.25) is 4.79 Å². The van der Waals surface area contributed by atoms with Crippen LogP contribution < -0.4 is 5.73 Å². The van der Waals surface area contributed by atoms with E-state index in [1.807, 2.05) is 17.0 Å². The average Bonchev–Trinajstić information content (AvgIpc) is 3.30. The lowest BCUT2D eigenvalue weighted by atomic mass is 9.91. The van der Waals surface area contributed by atoms with Crippen molar-refractivity contribution in [2.75, 3.05) is 13.1 Å². The summed E-state index contributed by atoms with van der Waals surface area (Å²) in [5, 5.41) is 1.16. The van der Waals surface area contributed by atoms with Crippen molar-refractivity contribution in [2.24, 2.45) is 17.6 Å². The molecule has 6 heteroatoms. The van der Waals surface area contributed by atoms with Crippen molar-refractivity contribution in [3.05, 3.63) is 33.8 Å². The lowest BCUT2D eigenvalue weighted by molar-refractivity contribution is -0.134. The van der Waals surface area contributed by atoms with Gasteiger partial charge in [-0.05, 0) is 49.7 Å². The molecule has 2 N–H and O–H groups in total. The topological polar surface area (TPSA) is 46.3 Å². The summed E-state index contributed by atoms with van der Waals surface area (Å²) in [7, 11) is 0. The predicted octanol–water partition coefficient (Wildman–Crippen LogP) is 4.10. The predicted molar refractivity (Wildman–Crippen MR) is 97.5 cm³/mol. The summed E-state index contributed by atoms with van der Waals surface area (Å²) in [6.45, 7) is 3.72. The van der Waals surface area contributed by atoms with Crippen LogP contribution in [0.2, 0.25) is 10.0 Å². The lowest BCUT2D eigenvalue weighted by Crippen LogP contribution is -2.43. The van der Waals surface area contributed by atoms with Gasteiger partial charge in [0, 0.05) is 25.0 Å². The molecule has 1 aliphatic heterocycles. The van der Waals surface area contributed by atoms with Gasteiger partial charge < -0.3 is 10.6 Å². The first-order valence-corrected chi connectivity index (χ1v) is 8.73. The molecule has 1 aliphatic carbocycles. The molecular formula is C17H23Cl3N2O. The highest BCUT2D eigenvalue weighted by Gasteiger charge is 2.47. The molecule has 3 nitrogen and oxygen atoms in total. The summed E-state index contributed by atoms with van der Waals surface area (Å²) in [6.07, 6.45) is 2.91. The second-order valence-corrected chi connectivity index (χ2v) is 7.40. The zero-order valence-corrected chi connectivity index (χ0v) is 15.5. The molecule has 0 bridgehead atoms. The molecule has 1 saturated carbocycles. The number of likely N-dealkylation sites (tertiary alicyclic amines) is 1. The third-order valence-corrected chi connectivity index (χ3v) is 5.92. The number of halogens is 3. The average molecular weight is 378 g/mol. The van der Waals surface area contributed by atoms with E-state index in [0.29, 0.717) is 16.0 Å². The molecule has 0 spiro atoms. The number of nitrogens with two attached hydrogens (primary N) is 1. The molecule has 0 radical (unpaired) electrons. The highest BCUT2D eigenvalue weighted by molar-refractivity contribution is 6.42. The second kappa shape index (κ2) is 7.60. The first-order valence-electron chi connectivity index (χ1n) is 7.97. The number of hydrogen-bond acceptors (Lipinski definition) is 2. The highest BCUT2D eigenvalue weighted by Crippen LogP contribution is 2.51. The molecule has 1 heterocycles. The zero-order chi connectivity index (χ0) is 15.9. The first kappa shape index (κ1) is 18.9. The minimum absolute atomic E-state index is 0. The molecule has 1 amide bonds. The van der Waals surface area contributed by atoms with E-state index in [4.69, 9.17) is 28.9 Å². The monoisotopic (exact) mass is 376 g/mol. The van der Waals surface area contributed by atoms with Gasteiger partial charge in [0.1, 0.15) is 0 Å². The third kappa shape index (κ3) is 3.96. The van der Waals surface area contributed by atoms with E-state index in [0.717, 1.165) is 37.9 Å². The van der Waals surface area contributed by atoms with Gasteiger partial charge in [-0.25, -0.2) is 0 Å². The van der Waals surface area contributed by atoms with Crippen LogP contribution in [-0.4, -0.2) is 29.9 Å². The molecular weight excluding hydrogens is 355 g/mol. The Balaban J connectivity index is 0.00000192. The number of rotatable bonds is 3. The van der Waals surface area contributed by atoms with Crippen LogP contribution in [0, 0.1) is 11.8 Å². The number of amides is 1. The molecule has 1 aromatic carbocycles. The number of nitrogens with zero attached hydrogens (tertiary/aromatic N) is 1. The van der Waals surface area contributed by atoms with Crippen molar-refractivity contribution in [2.45, 2.75) is 38.1 Å². The molecule has 23 heavy (non-hydrogen) atoms. The summed E-state index contributed by atoms with van der Waals surface area (Å²) >= 11 is 12.3.